The van der Waals surface area contributed by atoms with Crippen LogP contribution in [0.1, 0.15) is 13.3 Å². The van der Waals surface area contributed by atoms with E-state index in [0.717, 1.165) is 32.0 Å². The second-order valence-corrected chi connectivity index (χ2v) is 4.74. The number of hydrogen-bond donors (Lipinski definition) is 2. The Hall–Kier alpha value is -1.68. The SMILES string of the molecule is C#CCNC(=NCCCn1ccc2ccccc21)NCC.I. The first kappa shape index (κ1) is 18.4. The van der Waals surface area contributed by atoms with Crippen molar-refractivity contribution in [3.8, 4) is 12.3 Å². The highest BCUT2D eigenvalue weighted by molar-refractivity contribution is 14.0. The fraction of sp³-hybridized carbons (Fsp3) is 0.353. The molecule has 0 bridgehead atoms. The van der Waals surface area contributed by atoms with Crippen LogP contribution in [0.5, 0.6) is 0 Å². The van der Waals surface area contributed by atoms with Gasteiger partial charge in [-0.25, -0.2) is 0 Å². The first-order chi connectivity index (χ1) is 10.3. The zero-order valence-corrected chi connectivity index (χ0v) is 15.2. The monoisotopic (exact) mass is 410 g/mol. The summed E-state index contributed by atoms with van der Waals surface area (Å²) in [4.78, 5) is 4.52. The molecule has 22 heavy (non-hydrogen) atoms. The van der Waals surface area contributed by atoms with Crippen LogP contribution in [0.4, 0.5) is 0 Å². The van der Waals surface area contributed by atoms with Gasteiger partial charge in [-0.05, 0) is 30.9 Å². The van der Waals surface area contributed by atoms with Crippen molar-refractivity contribution in [2.75, 3.05) is 19.6 Å². The maximum absolute atomic E-state index is 5.25. The lowest BCUT2D eigenvalue weighted by Crippen LogP contribution is -2.37. The summed E-state index contributed by atoms with van der Waals surface area (Å²) in [5.41, 5.74) is 1.28. The molecule has 0 atom stereocenters. The number of hydrogen-bond acceptors (Lipinski definition) is 1. The number of rotatable bonds is 6. The Balaban J connectivity index is 0.00000242. The number of aromatic nitrogens is 1. The molecule has 0 fully saturated rings. The number of nitrogens with zero attached hydrogens (tertiary/aromatic N) is 2. The third-order valence-corrected chi connectivity index (χ3v) is 3.21. The highest BCUT2D eigenvalue weighted by atomic mass is 127. The van der Waals surface area contributed by atoms with Gasteiger partial charge in [0.1, 0.15) is 0 Å². The van der Waals surface area contributed by atoms with Gasteiger partial charge in [0.25, 0.3) is 0 Å². The summed E-state index contributed by atoms with van der Waals surface area (Å²) in [6, 6.07) is 10.6. The molecule has 0 saturated heterocycles. The van der Waals surface area contributed by atoms with Gasteiger partial charge >= 0.3 is 0 Å². The van der Waals surface area contributed by atoms with Crippen LogP contribution < -0.4 is 10.6 Å². The summed E-state index contributed by atoms with van der Waals surface area (Å²) < 4.78 is 2.27. The summed E-state index contributed by atoms with van der Waals surface area (Å²) in [6.45, 7) is 5.10. The summed E-state index contributed by atoms with van der Waals surface area (Å²) in [6.07, 6.45) is 8.37. The van der Waals surface area contributed by atoms with E-state index in [9.17, 15) is 0 Å². The van der Waals surface area contributed by atoms with Crippen molar-refractivity contribution in [2.45, 2.75) is 19.9 Å². The van der Waals surface area contributed by atoms with Crippen molar-refractivity contribution in [3.63, 3.8) is 0 Å². The predicted molar refractivity (Wildman–Crippen MR) is 105 cm³/mol. The van der Waals surface area contributed by atoms with Gasteiger partial charge in [0.15, 0.2) is 5.96 Å². The van der Waals surface area contributed by atoms with E-state index in [-0.39, 0.29) is 24.0 Å². The average Bonchev–Trinajstić information content (AvgIpc) is 2.92. The smallest absolute Gasteiger partial charge is 0.192 e. The fourth-order valence-electron chi connectivity index (χ4n) is 2.24. The number of benzene rings is 1. The lowest BCUT2D eigenvalue weighted by atomic mass is 10.2. The Labute approximate surface area is 149 Å². The van der Waals surface area contributed by atoms with Crippen molar-refractivity contribution in [3.05, 3.63) is 36.5 Å². The van der Waals surface area contributed by atoms with E-state index in [1.165, 1.54) is 10.9 Å². The van der Waals surface area contributed by atoms with Gasteiger partial charge in [-0.15, -0.1) is 30.4 Å². The zero-order chi connectivity index (χ0) is 14.9. The molecule has 0 aliphatic rings. The largest absolute Gasteiger partial charge is 0.357 e. The second-order valence-electron chi connectivity index (χ2n) is 4.74. The van der Waals surface area contributed by atoms with E-state index in [1.54, 1.807) is 0 Å². The van der Waals surface area contributed by atoms with Crippen LogP contribution in [0.25, 0.3) is 10.9 Å². The zero-order valence-electron chi connectivity index (χ0n) is 12.9. The van der Waals surface area contributed by atoms with Crippen LogP contribution in [0.3, 0.4) is 0 Å². The second kappa shape index (κ2) is 10.1. The number of guanidine groups is 1. The van der Waals surface area contributed by atoms with Crippen LogP contribution in [0.15, 0.2) is 41.5 Å². The molecule has 1 heterocycles. The first-order valence-corrected chi connectivity index (χ1v) is 7.34. The number of halogens is 1. The lowest BCUT2D eigenvalue weighted by molar-refractivity contribution is 0.667. The minimum absolute atomic E-state index is 0. The molecule has 0 aliphatic carbocycles. The Morgan fingerprint density at radius 1 is 1.27 bits per heavy atom. The molecule has 4 nitrogen and oxygen atoms in total. The maximum atomic E-state index is 5.25. The molecule has 0 amide bonds. The van der Waals surface area contributed by atoms with E-state index in [4.69, 9.17) is 6.42 Å². The maximum Gasteiger partial charge on any atom is 0.192 e. The van der Waals surface area contributed by atoms with E-state index in [1.807, 2.05) is 6.92 Å². The number of terminal acetylenes is 1. The van der Waals surface area contributed by atoms with E-state index in [0.29, 0.717) is 6.54 Å². The number of aryl methyl sites for hydroxylation is 1. The van der Waals surface area contributed by atoms with Gasteiger partial charge in [0, 0.05) is 31.3 Å². The minimum atomic E-state index is 0. The Bertz CT molecular complexity index is 639. The van der Waals surface area contributed by atoms with Gasteiger partial charge in [0.05, 0.1) is 6.54 Å². The summed E-state index contributed by atoms with van der Waals surface area (Å²) >= 11 is 0. The van der Waals surface area contributed by atoms with Crippen LogP contribution in [-0.2, 0) is 6.54 Å². The predicted octanol–water partition coefficient (Wildman–Crippen LogP) is 2.84. The Kier molecular flexibility index (Phi) is 8.44. The first-order valence-electron chi connectivity index (χ1n) is 7.34. The van der Waals surface area contributed by atoms with E-state index in [2.05, 4.69) is 62.6 Å². The number of fused-ring (bicyclic) bond motifs is 1. The van der Waals surface area contributed by atoms with Crippen LogP contribution in [-0.4, -0.2) is 30.2 Å². The highest BCUT2D eigenvalue weighted by Crippen LogP contribution is 2.15. The Morgan fingerprint density at radius 2 is 2.09 bits per heavy atom. The van der Waals surface area contributed by atoms with Gasteiger partial charge < -0.3 is 15.2 Å². The summed E-state index contributed by atoms with van der Waals surface area (Å²) in [5.74, 6) is 3.34. The molecule has 118 valence electrons. The van der Waals surface area contributed by atoms with Crippen molar-refractivity contribution in [1.82, 2.24) is 15.2 Å². The molecular formula is C17H23IN4. The summed E-state index contributed by atoms with van der Waals surface area (Å²) in [5, 5.41) is 7.55. The number of nitrogens with one attached hydrogen (secondary N) is 2. The highest BCUT2D eigenvalue weighted by Gasteiger charge is 1.99. The van der Waals surface area contributed by atoms with Crippen molar-refractivity contribution in [1.29, 1.82) is 0 Å². The molecule has 0 spiro atoms. The standard InChI is InChI=1S/C17H22N4.HI/c1-3-11-19-17(18-4-2)20-12-7-13-21-14-10-15-8-5-6-9-16(15)21;/h1,5-6,8-10,14H,4,7,11-13H2,2H3,(H2,18,19,20);1H. The number of aliphatic imine (C=N–C) groups is 1. The van der Waals surface area contributed by atoms with E-state index < -0.39 is 0 Å². The number of para-hydroxylation sites is 1. The molecule has 2 N–H and O–H groups in total. The molecule has 0 radical (unpaired) electrons. The van der Waals surface area contributed by atoms with Gasteiger partial charge in [-0.3, -0.25) is 4.99 Å². The molecule has 2 aromatic rings. The van der Waals surface area contributed by atoms with Crippen LogP contribution in [0.2, 0.25) is 0 Å². The molecule has 0 saturated carbocycles. The molecule has 0 unspecified atom stereocenters. The lowest BCUT2D eigenvalue weighted by Gasteiger charge is -2.09. The van der Waals surface area contributed by atoms with Gasteiger partial charge in [-0.1, -0.05) is 24.1 Å². The third-order valence-electron chi connectivity index (χ3n) is 3.21. The molecule has 0 aliphatic heterocycles. The van der Waals surface area contributed by atoms with Gasteiger partial charge in [-0.2, -0.15) is 0 Å². The molecular weight excluding hydrogens is 387 g/mol. The Morgan fingerprint density at radius 3 is 2.86 bits per heavy atom. The van der Waals surface area contributed by atoms with Crippen LogP contribution in [0, 0.1) is 12.3 Å². The van der Waals surface area contributed by atoms with E-state index >= 15 is 0 Å². The molecule has 2 rings (SSSR count). The quantitative estimate of drug-likeness (QED) is 0.253. The van der Waals surface area contributed by atoms with Gasteiger partial charge in [0.2, 0.25) is 0 Å². The average molecular weight is 410 g/mol. The molecule has 1 aromatic heterocycles. The third kappa shape index (κ3) is 5.26. The fourth-order valence-corrected chi connectivity index (χ4v) is 2.24. The van der Waals surface area contributed by atoms with Crippen molar-refractivity contribution >= 4 is 40.8 Å². The van der Waals surface area contributed by atoms with Crippen molar-refractivity contribution in [2.24, 2.45) is 4.99 Å². The normalized spacial score (nSPS) is 10.8. The van der Waals surface area contributed by atoms with Crippen molar-refractivity contribution < 1.29 is 0 Å². The molecule has 1 aromatic carbocycles. The topological polar surface area (TPSA) is 41.4 Å². The summed E-state index contributed by atoms with van der Waals surface area (Å²) in [7, 11) is 0. The molecule has 5 heteroatoms. The minimum Gasteiger partial charge on any atom is -0.357 e. The van der Waals surface area contributed by atoms with Crippen LogP contribution >= 0.6 is 24.0 Å².